The summed E-state index contributed by atoms with van der Waals surface area (Å²) >= 11 is 3.37. The molecular weight excluding hydrogens is 560 g/mol. The highest BCUT2D eigenvalue weighted by atomic mass is 79.9. The maximum absolute atomic E-state index is 12.7. The topological polar surface area (TPSA) is 104 Å². The van der Waals surface area contributed by atoms with Crippen molar-refractivity contribution in [1.82, 2.24) is 0 Å². The maximum Gasteiger partial charge on any atom is 0.344 e. The Morgan fingerprint density at radius 1 is 1.05 bits per heavy atom. The van der Waals surface area contributed by atoms with E-state index in [0.717, 1.165) is 18.4 Å². The third-order valence-corrected chi connectivity index (χ3v) is 7.21. The number of nitrogens with two attached hydrogens (primary N) is 1. The Morgan fingerprint density at radius 3 is 2.59 bits per heavy atom. The smallest absolute Gasteiger partial charge is 0.344 e. The van der Waals surface area contributed by atoms with Crippen LogP contribution < -0.4 is 24.7 Å². The fourth-order valence-corrected chi connectivity index (χ4v) is 4.95. The molecule has 0 amide bonds. The van der Waals surface area contributed by atoms with Gasteiger partial charge in [0, 0.05) is 16.1 Å². The Kier molecular flexibility index (Phi) is 9.50. The number of rotatable bonds is 11. The van der Waals surface area contributed by atoms with Crippen LogP contribution in [0.5, 0.6) is 23.0 Å². The summed E-state index contributed by atoms with van der Waals surface area (Å²) in [6.07, 6.45) is 5.74. The zero-order valence-corrected chi connectivity index (χ0v) is 23.6. The summed E-state index contributed by atoms with van der Waals surface area (Å²) in [7, 11) is 1.59. The summed E-state index contributed by atoms with van der Waals surface area (Å²) in [5.41, 5.74) is 8.37. The molecule has 1 unspecified atom stereocenters. The SMILES string of the molecule is CCCCCCCOc1ccc(C2C(C#N)=C(N)Oc3cc(OC(=O)c4ccccc4Br)ccc32)cc1OC. The molecule has 0 saturated carbocycles. The number of carbonyl (C=O) groups excluding carboxylic acids is 1. The van der Waals surface area contributed by atoms with E-state index in [2.05, 4.69) is 28.9 Å². The van der Waals surface area contributed by atoms with E-state index in [4.69, 9.17) is 24.7 Å². The number of esters is 1. The Labute approximate surface area is 237 Å². The van der Waals surface area contributed by atoms with Gasteiger partial charge in [0.25, 0.3) is 0 Å². The molecule has 3 aromatic carbocycles. The molecule has 2 N–H and O–H groups in total. The second-order valence-electron chi connectivity index (χ2n) is 9.17. The number of benzene rings is 3. The van der Waals surface area contributed by atoms with E-state index >= 15 is 0 Å². The molecule has 7 nitrogen and oxygen atoms in total. The van der Waals surface area contributed by atoms with Crippen LogP contribution in [0.25, 0.3) is 0 Å². The minimum Gasteiger partial charge on any atom is -0.493 e. The first-order valence-corrected chi connectivity index (χ1v) is 13.7. The third kappa shape index (κ3) is 6.55. The molecule has 0 spiro atoms. The molecular formula is C31H31BrN2O5. The van der Waals surface area contributed by atoms with Gasteiger partial charge in [-0.15, -0.1) is 0 Å². The number of nitriles is 1. The molecule has 1 atom stereocenters. The highest BCUT2D eigenvalue weighted by Gasteiger charge is 2.32. The van der Waals surface area contributed by atoms with Crippen molar-refractivity contribution in [3.8, 4) is 29.1 Å². The highest BCUT2D eigenvalue weighted by molar-refractivity contribution is 9.10. The van der Waals surface area contributed by atoms with E-state index in [1.807, 2.05) is 24.3 Å². The van der Waals surface area contributed by atoms with Gasteiger partial charge in [-0.05, 0) is 58.2 Å². The van der Waals surface area contributed by atoms with Gasteiger partial charge in [0.2, 0.25) is 5.88 Å². The summed E-state index contributed by atoms with van der Waals surface area (Å²) < 4.78 is 23.6. The number of allylic oxidation sites excluding steroid dienone is 1. The van der Waals surface area contributed by atoms with Gasteiger partial charge in [-0.2, -0.15) is 5.26 Å². The number of halogens is 1. The van der Waals surface area contributed by atoms with Crippen molar-refractivity contribution in [2.75, 3.05) is 13.7 Å². The number of carbonyl (C=O) groups is 1. The summed E-state index contributed by atoms with van der Waals surface area (Å²) in [4.78, 5) is 12.7. The van der Waals surface area contributed by atoms with Gasteiger partial charge in [-0.25, -0.2) is 4.79 Å². The van der Waals surface area contributed by atoms with E-state index in [1.54, 1.807) is 43.5 Å². The molecule has 4 rings (SSSR count). The first kappa shape index (κ1) is 28.1. The zero-order valence-electron chi connectivity index (χ0n) is 22.0. The van der Waals surface area contributed by atoms with Gasteiger partial charge in [-0.1, -0.05) is 56.9 Å². The number of unbranched alkanes of at least 4 members (excludes halogenated alkanes) is 4. The quantitative estimate of drug-likeness (QED) is 0.142. The molecule has 1 heterocycles. The Hall–Kier alpha value is -3.96. The summed E-state index contributed by atoms with van der Waals surface area (Å²) in [6, 6.07) is 19.9. The van der Waals surface area contributed by atoms with Crippen molar-refractivity contribution >= 4 is 21.9 Å². The largest absolute Gasteiger partial charge is 0.493 e. The molecule has 0 bridgehead atoms. The van der Waals surface area contributed by atoms with E-state index in [9.17, 15) is 10.1 Å². The van der Waals surface area contributed by atoms with Crippen molar-refractivity contribution in [3.63, 3.8) is 0 Å². The molecule has 3 aromatic rings. The van der Waals surface area contributed by atoms with Crippen LogP contribution in [0.2, 0.25) is 0 Å². The summed E-state index contributed by atoms with van der Waals surface area (Å²) in [5.74, 6) is 0.904. The average molecular weight is 592 g/mol. The molecule has 202 valence electrons. The Morgan fingerprint density at radius 2 is 1.85 bits per heavy atom. The molecule has 1 aliphatic heterocycles. The van der Waals surface area contributed by atoms with Crippen LogP contribution in [0.1, 0.15) is 66.4 Å². The van der Waals surface area contributed by atoms with Crippen molar-refractivity contribution < 1.29 is 23.7 Å². The molecule has 1 aliphatic rings. The van der Waals surface area contributed by atoms with Gasteiger partial charge in [0.05, 0.1) is 25.2 Å². The molecule has 0 aromatic heterocycles. The van der Waals surface area contributed by atoms with Crippen LogP contribution in [-0.2, 0) is 0 Å². The fraction of sp³-hybridized carbons (Fsp3) is 0.290. The van der Waals surface area contributed by atoms with Gasteiger partial charge in [0.15, 0.2) is 11.5 Å². The van der Waals surface area contributed by atoms with Crippen LogP contribution in [0.3, 0.4) is 0 Å². The minimum absolute atomic E-state index is 0.00403. The number of ether oxygens (including phenoxy) is 4. The lowest BCUT2D eigenvalue weighted by Gasteiger charge is -2.27. The second-order valence-corrected chi connectivity index (χ2v) is 10.0. The fourth-order valence-electron chi connectivity index (χ4n) is 4.50. The van der Waals surface area contributed by atoms with Crippen LogP contribution in [0.15, 0.2) is 76.6 Å². The lowest BCUT2D eigenvalue weighted by atomic mass is 9.83. The zero-order chi connectivity index (χ0) is 27.8. The van der Waals surface area contributed by atoms with Crippen molar-refractivity contribution in [1.29, 1.82) is 5.26 Å². The normalized spacial score (nSPS) is 14.2. The molecule has 0 saturated heterocycles. The van der Waals surface area contributed by atoms with E-state index in [-0.39, 0.29) is 11.5 Å². The number of hydrogen-bond donors (Lipinski definition) is 1. The predicted molar refractivity (Wildman–Crippen MR) is 152 cm³/mol. The highest BCUT2D eigenvalue weighted by Crippen LogP contribution is 2.45. The van der Waals surface area contributed by atoms with Crippen LogP contribution in [-0.4, -0.2) is 19.7 Å². The van der Waals surface area contributed by atoms with Gasteiger partial charge in [0.1, 0.15) is 23.1 Å². The minimum atomic E-state index is -0.512. The Bertz CT molecular complexity index is 1410. The predicted octanol–water partition coefficient (Wildman–Crippen LogP) is 7.24. The molecule has 0 fully saturated rings. The number of methoxy groups -OCH3 is 1. The summed E-state index contributed by atoms with van der Waals surface area (Å²) in [5, 5.41) is 9.93. The average Bonchev–Trinajstić information content (AvgIpc) is 2.94. The lowest BCUT2D eigenvalue weighted by Crippen LogP contribution is -2.21. The molecule has 0 radical (unpaired) electrons. The number of hydrogen-bond acceptors (Lipinski definition) is 7. The molecule has 8 heteroatoms. The van der Waals surface area contributed by atoms with Gasteiger partial charge in [-0.3, -0.25) is 0 Å². The third-order valence-electron chi connectivity index (χ3n) is 6.52. The maximum atomic E-state index is 12.7. The number of nitrogens with zero attached hydrogens (tertiary/aromatic N) is 1. The van der Waals surface area contributed by atoms with Crippen LogP contribution in [0, 0.1) is 11.3 Å². The Balaban J connectivity index is 1.58. The first-order valence-electron chi connectivity index (χ1n) is 13.0. The van der Waals surface area contributed by atoms with Crippen molar-refractivity contribution in [2.24, 2.45) is 5.73 Å². The lowest BCUT2D eigenvalue weighted by molar-refractivity contribution is 0.0733. The number of fused-ring (bicyclic) bond motifs is 1. The van der Waals surface area contributed by atoms with Gasteiger partial charge < -0.3 is 24.7 Å². The van der Waals surface area contributed by atoms with Crippen molar-refractivity contribution in [2.45, 2.75) is 44.9 Å². The second kappa shape index (κ2) is 13.2. The van der Waals surface area contributed by atoms with Gasteiger partial charge >= 0.3 is 5.97 Å². The van der Waals surface area contributed by atoms with Crippen molar-refractivity contribution in [3.05, 3.63) is 93.3 Å². The van der Waals surface area contributed by atoms with Crippen LogP contribution in [0.4, 0.5) is 0 Å². The van der Waals surface area contributed by atoms with E-state index < -0.39 is 11.9 Å². The van der Waals surface area contributed by atoms with E-state index in [0.29, 0.717) is 45.2 Å². The monoisotopic (exact) mass is 590 g/mol. The standard InChI is InChI=1S/C31H31BrN2O5/c1-3-4-5-6-9-16-37-26-15-12-20(17-28(26)36-2)29-23-14-13-21(18-27(23)39-30(34)24(29)19-33)38-31(35)22-10-7-8-11-25(22)32/h7-8,10-15,17-18,29H,3-6,9,16,34H2,1-2H3. The molecule has 39 heavy (non-hydrogen) atoms. The first-order chi connectivity index (χ1) is 19.0. The molecule has 0 aliphatic carbocycles. The van der Waals surface area contributed by atoms with Crippen LogP contribution >= 0.6 is 15.9 Å². The summed E-state index contributed by atoms with van der Waals surface area (Å²) in [6.45, 7) is 2.80. The van der Waals surface area contributed by atoms with E-state index in [1.165, 1.54) is 19.3 Å².